The number of benzene rings is 3. The van der Waals surface area contributed by atoms with E-state index < -0.39 is 41.3 Å². The van der Waals surface area contributed by atoms with E-state index in [0.717, 1.165) is 61.6 Å². The van der Waals surface area contributed by atoms with Gasteiger partial charge in [0.05, 0.1) is 38.5 Å². The summed E-state index contributed by atoms with van der Waals surface area (Å²) in [6.07, 6.45) is 1.17. The van der Waals surface area contributed by atoms with E-state index in [0.29, 0.717) is 17.4 Å². The molecule has 10 heteroatoms. The summed E-state index contributed by atoms with van der Waals surface area (Å²) >= 11 is 0. The lowest BCUT2D eigenvalue weighted by molar-refractivity contribution is -0.946. The molecule has 3 fully saturated rings. The van der Waals surface area contributed by atoms with Gasteiger partial charge in [0, 0.05) is 31.2 Å². The fraction of sp³-hybridized carbons (Fsp3) is 0.367. The van der Waals surface area contributed by atoms with Crippen LogP contribution in [-0.4, -0.2) is 49.5 Å². The van der Waals surface area contributed by atoms with Crippen LogP contribution in [-0.2, 0) is 11.3 Å². The highest BCUT2D eigenvalue weighted by Gasteiger charge is 2.47. The van der Waals surface area contributed by atoms with Gasteiger partial charge >= 0.3 is 6.09 Å². The van der Waals surface area contributed by atoms with Gasteiger partial charge in [0.2, 0.25) is 0 Å². The molecule has 212 valence electrons. The van der Waals surface area contributed by atoms with Crippen LogP contribution < -0.4 is 9.64 Å². The molecule has 3 aromatic carbocycles. The van der Waals surface area contributed by atoms with Crippen LogP contribution in [0, 0.1) is 35.0 Å². The number of anilines is 1. The van der Waals surface area contributed by atoms with Crippen LogP contribution in [0.1, 0.15) is 24.8 Å². The van der Waals surface area contributed by atoms with Crippen molar-refractivity contribution in [2.45, 2.75) is 31.9 Å². The third-order valence-corrected chi connectivity index (χ3v) is 7.91. The molecule has 0 radical (unpaired) electrons. The number of halogens is 5. The standard InChI is InChI=1S/C30H30F5N2O3/c31-22-7-9-28(26(35)17-22)39-15-3-12-37-13-10-21(11-14-37)29(19-37)40-30(38)36(27-5-2-1-4-24(27)33)18-20-6-8-23(32)25(34)16-20/h1-2,4-9,16-17,21,29H,3,10-15,18-19H2/q+1/t21?,29-,37?/m0/s1. The topological polar surface area (TPSA) is 38.8 Å². The van der Waals surface area contributed by atoms with Gasteiger partial charge in [0.1, 0.15) is 18.2 Å². The number of hydrogen-bond acceptors (Lipinski definition) is 3. The monoisotopic (exact) mass is 561 g/mol. The predicted octanol–water partition coefficient (Wildman–Crippen LogP) is 6.60. The van der Waals surface area contributed by atoms with Gasteiger partial charge in [0.15, 0.2) is 29.3 Å². The van der Waals surface area contributed by atoms with E-state index in [9.17, 15) is 26.7 Å². The molecule has 0 spiro atoms. The molecule has 3 saturated heterocycles. The summed E-state index contributed by atoms with van der Waals surface area (Å²) in [7, 11) is 0. The Bertz CT molecular complexity index is 1360. The molecular formula is C30H30F5N2O3+. The molecule has 1 atom stereocenters. The molecule has 3 aromatic rings. The minimum absolute atomic E-state index is 0.000157. The highest BCUT2D eigenvalue weighted by atomic mass is 19.2. The van der Waals surface area contributed by atoms with Crippen molar-refractivity contribution in [3.63, 3.8) is 0 Å². The van der Waals surface area contributed by atoms with Crippen molar-refractivity contribution in [2.24, 2.45) is 5.92 Å². The second-order valence-corrected chi connectivity index (χ2v) is 10.5. The van der Waals surface area contributed by atoms with Crippen molar-refractivity contribution in [1.82, 2.24) is 0 Å². The molecule has 1 amide bonds. The fourth-order valence-corrected chi connectivity index (χ4v) is 5.78. The molecule has 6 rings (SSSR count). The summed E-state index contributed by atoms with van der Waals surface area (Å²) in [5, 5.41) is 0. The zero-order valence-corrected chi connectivity index (χ0v) is 21.8. The molecule has 0 aliphatic carbocycles. The SMILES string of the molecule is O=C(O[C@H]1C[N+]2(CCCOc3ccc(F)cc3F)CCC1CC2)N(Cc1ccc(F)c(F)c1)c1ccccc1F. The molecule has 3 heterocycles. The summed E-state index contributed by atoms with van der Waals surface area (Å²) in [6, 6.07) is 12.2. The molecule has 0 N–H and O–H groups in total. The van der Waals surface area contributed by atoms with Crippen molar-refractivity contribution >= 4 is 11.8 Å². The summed E-state index contributed by atoms with van der Waals surface area (Å²) in [4.78, 5) is 14.6. The number of carbonyl (C=O) groups excluding carboxylic acids is 1. The molecule has 0 saturated carbocycles. The van der Waals surface area contributed by atoms with Crippen molar-refractivity contribution in [3.05, 3.63) is 95.3 Å². The molecule has 5 nitrogen and oxygen atoms in total. The average Bonchev–Trinajstić information content (AvgIpc) is 2.94. The highest BCUT2D eigenvalue weighted by molar-refractivity contribution is 5.87. The Morgan fingerprint density at radius 1 is 0.875 bits per heavy atom. The van der Waals surface area contributed by atoms with Crippen LogP contribution in [0.15, 0.2) is 60.7 Å². The zero-order chi connectivity index (χ0) is 28.3. The maximum absolute atomic E-state index is 14.7. The Morgan fingerprint density at radius 3 is 2.38 bits per heavy atom. The average molecular weight is 562 g/mol. The number of para-hydroxylation sites is 1. The van der Waals surface area contributed by atoms with Gasteiger partial charge in [-0.3, -0.25) is 4.90 Å². The third kappa shape index (κ3) is 6.22. The molecule has 3 aliphatic heterocycles. The predicted molar refractivity (Wildman–Crippen MR) is 138 cm³/mol. The molecule has 0 aromatic heterocycles. The largest absolute Gasteiger partial charge is 0.490 e. The normalized spacial score (nSPS) is 21.7. The number of quaternary nitrogens is 1. The van der Waals surface area contributed by atoms with Gasteiger partial charge in [-0.15, -0.1) is 0 Å². The quantitative estimate of drug-likeness (QED) is 0.168. The van der Waals surface area contributed by atoms with Crippen molar-refractivity contribution < 1.29 is 40.7 Å². The number of amides is 1. The molecule has 0 unspecified atom stereocenters. The smallest absolute Gasteiger partial charge is 0.415 e. The molecule has 2 bridgehead atoms. The molecule has 3 aliphatic rings. The maximum atomic E-state index is 14.7. The van der Waals surface area contributed by atoms with E-state index in [1.54, 1.807) is 6.07 Å². The third-order valence-electron chi connectivity index (χ3n) is 7.91. The lowest BCUT2D eigenvalue weighted by Gasteiger charge is -2.52. The van der Waals surface area contributed by atoms with E-state index in [1.165, 1.54) is 30.3 Å². The van der Waals surface area contributed by atoms with Crippen molar-refractivity contribution in [2.75, 3.05) is 37.7 Å². The van der Waals surface area contributed by atoms with Crippen LogP contribution in [0.25, 0.3) is 0 Å². The minimum atomic E-state index is -1.06. The lowest BCUT2D eigenvalue weighted by atomic mass is 9.83. The number of rotatable bonds is 9. The lowest BCUT2D eigenvalue weighted by Crippen LogP contribution is -2.65. The Labute approximate surface area is 229 Å². The minimum Gasteiger partial charge on any atom is -0.490 e. The van der Waals surface area contributed by atoms with Crippen molar-refractivity contribution in [1.29, 1.82) is 0 Å². The van der Waals surface area contributed by atoms with Crippen LogP contribution in [0.3, 0.4) is 0 Å². The second kappa shape index (κ2) is 11.8. The number of nitrogens with zero attached hydrogens (tertiary/aromatic N) is 2. The van der Waals surface area contributed by atoms with Crippen LogP contribution >= 0.6 is 0 Å². The number of hydrogen-bond donors (Lipinski definition) is 0. The first kappa shape index (κ1) is 27.9. The summed E-state index contributed by atoms with van der Waals surface area (Å²) < 4.78 is 81.2. The van der Waals surface area contributed by atoms with Crippen LogP contribution in [0.5, 0.6) is 5.75 Å². The Balaban J connectivity index is 1.24. The number of fused-ring (bicyclic) bond motifs is 3. The summed E-state index contributed by atoms with van der Waals surface area (Å²) in [6.45, 7) is 3.19. The van der Waals surface area contributed by atoms with Gasteiger partial charge in [0.25, 0.3) is 0 Å². The maximum Gasteiger partial charge on any atom is 0.415 e. The summed E-state index contributed by atoms with van der Waals surface area (Å²) in [5.41, 5.74) is 0.265. The van der Waals surface area contributed by atoms with Gasteiger partial charge in [-0.25, -0.2) is 26.7 Å². The van der Waals surface area contributed by atoms with E-state index >= 15 is 0 Å². The Hall–Kier alpha value is -3.66. The Morgan fingerprint density at radius 2 is 1.65 bits per heavy atom. The van der Waals surface area contributed by atoms with Crippen LogP contribution in [0.4, 0.5) is 32.4 Å². The highest BCUT2D eigenvalue weighted by Crippen LogP contribution is 2.36. The van der Waals surface area contributed by atoms with Crippen molar-refractivity contribution in [3.8, 4) is 5.75 Å². The second-order valence-electron chi connectivity index (χ2n) is 10.5. The zero-order valence-electron chi connectivity index (χ0n) is 21.8. The number of carbonyl (C=O) groups is 1. The van der Waals surface area contributed by atoms with Gasteiger partial charge < -0.3 is 14.0 Å². The first-order chi connectivity index (χ1) is 19.2. The van der Waals surface area contributed by atoms with Gasteiger partial charge in [-0.2, -0.15) is 0 Å². The van der Waals surface area contributed by atoms with E-state index in [2.05, 4.69) is 0 Å². The molecular weight excluding hydrogens is 531 g/mol. The van der Waals surface area contributed by atoms with E-state index in [1.807, 2.05) is 0 Å². The van der Waals surface area contributed by atoms with Crippen LogP contribution in [0.2, 0.25) is 0 Å². The summed E-state index contributed by atoms with van der Waals surface area (Å²) in [5.74, 6) is -3.97. The van der Waals surface area contributed by atoms with Gasteiger partial charge in [-0.05, 0) is 42.0 Å². The molecule has 40 heavy (non-hydrogen) atoms. The van der Waals surface area contributed by atoms with Gasteiger partial charge in [-0.1, -0.05) is 18.2 Å². The Kier molecular flexibility index (Phi) is 8.25. The fourth-order valence-electron chi connectivity index (χ4n) is 5.78. The van der Waals surface area contributed by atoms with E-state index in [4.69, 9.17) is 9.47 Å². The first-order valence-electron chi connectivity index (χ1n) is 13.3. The first-order valence-corrected chi connectivity index (χ1v) is 13.3. The van der Waals surface area contributed by atoms with E-state index in [-0.39, 0.29) is 36.1 Å². The number of piperidine rings is 3. The number of ether oxygens (including phenoxy) is 2.